The van der Waals surface area contributed by atoms with Gasteiger partial charge in [0.05, 0.1) is 10.6 Å². The lowest BCUT2D eigenvalue weighted by Crippen LogP contribution is -2.17. The summed E-state index contributed by atoms with van der Waals surface area (Å²) in [5, 5.41) is 0.395. The summed E-state index contributed by atoms with van der Waals surface area (Å²) in [4.78, 5) is 12.3. The first-order valence-electron chi connectivity index (χ1n) is 6.87. The fourth-order valence-electron chi connectivity index (χ4n) is 2.10. The van der Waals surface area contributed by atoms with Gasteiger partial charge in [0.15, 0.2) is 0 Å². The van der Waals surface area contributed by atoms with Crippen molar-refractivity contribution in [3.63, 3.8) is 0 Å². The second kappa shape index (κ2) is 5.90. The van der Waals surface area contributed by atoms with Crippen molar-refractivity contribution in [3.8, 4) is 5.75 Å². The van der Waals surface area contributed by atoms with Gasteiger partial charge in [0.2, 0.25) is 0 Å². The molecule has 0 radical (unpaired) electrons. The second-order valence-corrected chi connectivity index (χ2v) is 6.53. The normalized spacial score (nSPS) is 11.3. The molecule has 0 N–H and O–H groups in total. The summed E-state index contributed by atoms with van der Waals surface area (Å²) in [6.07, 6.45) is 0. The van der Waals surface area contributed by atoms with Crippen molar-refractivity contribution >= 4 is 17.6 Å². The maximum atomic E-state index is 12.3. The van der Waals surface area contributed by atoms with E-state index in [1.54, 1.807) is 24.3 Å². The molecule has 21 heavy (non-hydrogen) atoms. The van der Waals surface area contributed by atoms with Crippen molar-refractivity contribution < 1.29 is 9.53 Å². The lowest BCUT2D eigenvalue weighted by Gasteiger charge is -2.22. The third-order valence-corrected chi connectivity index (χ3v) is 3.57. The molecule has 2 aromatic rings. The van der Waals surface area contributed by atoms with Crippen molar-refractivity contribution in [2.75, 3.05) is 0 Å². The van der Waals surface area contributed by atoms with Gasteiger partial charge in [-0.1, -0.05) is 62.2 Å². The molecule has 110 valence electrons. The quantitative estimate of drug-likeness (QED) is 0.565. The van der Waals surface area contributed by atoms with Gasteiger partial charge in [-0.2, -0.15) is 0 Å². The Morgan fingerprint density at radius 1 is 1.10 bits per heavy atom. The Balaban J connectivity index is 2.36. The van der Waals surface area contributed by atoms with E-state index in [1.165, 1.54) is 0 Å². The van der Waals surface area contributed by atoms with Crippen LogP contribution in [0.1, 0.15) is 42.3 Å². The fraction of sp³-hybridized carbons (Fsp3) is 0.278. The van der Waals surface area contributed by atoms with Crippen molar-refractivity contribution in [3.05, 3.63) is 64.2 Å². The summed E-state index contributed by atoms with van der Waals surface area (Å²) in [6.45, 7) is 8.30. The Kier molecular flexibility index (Phi) is 4.38. The number of carbonyl (C=O) groups is 1. The van der Waals surface area contributed by atoms with Crippen molar-refractivity contribution in [1.82, 2.24) is 0 Å². The van der Waals surface area contributed by atoms with Gasteiger partial charge in [-0.25, -0.2) is 4.79 Å². The molecule has 0 aliphatic carbocycles. The predicted molar refractivity (Wildman–Crippen MR) is 86.3 cm³/mol. The molecule has 0 bridgehead atoms. The Morgan fingerprint density at radius 2 is 1.76 bits per heavy atom. The summed E-state index contributed by atoms with van der Waals surface area (Å²) in [5.74, 6) is 0.146. The van der Waals surface area contributed by atoms with Crippen LogP contribution in [0.5, 0.6) is 5.75 Å². The molecule has 2 aromatic carbocycles. The molecule has 0 aliphatic rings. The number of esters is 1. The van der Waals surface area contributed by atoms with E-state index in [2.05, 4.69) is 26.8 Å². The van der Waals surface area contributed by atoms with E-state index >= 15 is 0 Å². The van der Waals surface area contributed by atoms with Crippen LogP contribution in [0.3, 0.4) is 0 Å². The van der Waals surface area contributed by atoms with Crippen molar-refractivity contribution in [2.45, 2.75) is 33.1 Å². The molecule has 0 unspecified atom stereocenters. The van der Waals surface area contributed by atoms with Crippen molar-refractivity contribution in [2.24, 2.45) is 0 Å². The molecule has 0 saturated heterocycles. The van der Waals surface area contributed by atoms with Gasteiger partial charge in [-0.15, -0.1) is 0 Å². The van der Waals surface area contributed by atoms with E-state index in [4.69, 9.17) is 16.3 Å². The van der Waals surface area contributed by atoms with Gasteiger partial charge in [0.25, 0.3) is 0 Å². The highest BCUT2D eigenvalue weighted by molar-refractivity contribution is 6.33. The Labute approximate surface area is 130 Å². The molecular formula is C18H19ClO2. The number of hydrogen-bond acceptors (Lipinski definition) is 2. The standard InChI is InChI=1S/C18H19ClO2/c1-12-9-10-16(14(11-12)18(2,3)4)21-17(20)13-7-5-6-8-15(13)19/h5-11H,1-4H3. The van der Waals surface area contributed by atoms with E-state index < -0.39 is 5.97 Å². The summed E-state index contributed by atoms with van der Waals surface area (Å²) >= 11 is 6.04. The molecule has 0 spiro atoms. The van der Waals surface area contributed by atoms with Crippen LogP contribution in [0.25, 0.3) is 0 Å². The van der Waals surface area contributed by atoms with Crippen LogP contribution >= 0.6 is 11.6 Å². The number of carbonyl (C=O) groups excluding carboxylic acids is 1. The largest absolute Gasteiger partial charge is 0.423 e. The molecule has 0 fully saturated rings. The number of halogens is 1. The number of rotatable bonds is 2. The van der Waals surface area contributed by atoms with E-state index in [9.17, 15) is 4.79 Å². The minimum Gasteiger partial charge on any atom is -0.423 e. The van der Waals surface area contributed by atoms with E-state index in [0.717, 1.165) is 11.1 Å². The monoisotopic (exact) mass is 302 g/mol. The van der Waals surface area contributed by atoms with Gasteiger partial charge in [0, 0.05) is 5.56 Å². The highest BCUT2D eigenvalue weighted by atomic mass is 35.5. The molecule has 2 rings (SSSR count). The number of benzene rings is 2. The lowest BCUT2D eigenvalue weighted by molar-refractivity contribution is 0.0732. The molecule has 0 amide bonds. The van der Waals surface area contributed by atoms with Gasteiger partial charge in [0.1, 0.15) is 5.75 Å². The maximum Gasteiger partial charge on any atom is 0.345 e. The number of hydrogen-bond donors (Lipinski definition) is 0. The molecule has 2 nitrogen and oxygen atoms in total. The lowest BCUT2D eigenvalue weighted by atomic mass is 9.85. The Morgan fingerprint density at radius 3 is 2.38 bits per heavy atom. The third-order valence-electron chi connectivity index (χ3n) is 3.24. The smallest absolute Gasteiger partial charge is 0.345 e. The SMILES string of the molecule is Cc1ccc(OC(=O)c2ccccc2Cl)c(C(C)(C)C)c1. The summed E-state index contributed by atoms with van der Waals surface area (Å²) in [6, 6.07) is 12.7. The van der Waals surface area contributed by atoms with E-state index in [0.29, 0.717) is 16.3 Å². The van der Waals surface area contributed by atoms with Gasteiger partial charge in [-0.05, 0) is 30.5 Å². The van der Waals surface area contributed by atoms with Gasteiger partial charge in [-0.3, -0.25) is 0 Å². The summed E-state index contributed by atoms with van der Waals surface area (Å²) < 4.78 is 5.57. The highest BCUT2D eigenvalue weighted by Crippen LogP contribution is 2.33. The zero-order valence-corrected chi connectivity index (χ0v) is 13.5. The average molecular weight is 303 g/mol. The van der Waals surface area contributed by atoms with Crippen LogP contribution in [0.15, 0.2) is 42.5 Å². The Bertz CT molecular complexity index is 669. The molecule has 0 atom stereocenters. The van der Waals surface area contributed by atoms with E-state index in [1.807, 2.05) is 19.1 Å². The third kappa shape index (κ3) is 3.64. The van der Waals surface area contributed by atoms with Crippen LogP contribution < -0.4 is 4.74 Å². The fourth-order valence-corrected chi connectivity index (χ4v) is 2.31. The second-order valence-electron chi connectivity index (χ2n) is 6.12. The van der Waals surface area contributed by atoms with Crippen LogP contribution in [-0.2, 0) is 5.41 Å². The summed E-state index contributed by atoms with van der Waals surface area (Å²) in [5.41, 5.74) is 2.40. The summed E-state index contributed by atoms with van der Waals surface area (Å²) in [7, 11) is 0. The molecule has 0 aromatic heterocycles. The zero-order valence-electron chi connectivity index (χ0n) is 12.7. The first-order chi connectivity index (χ1) is 9.79. The maximum absolute atomic E-state index is 12.3. The number of aryl methyl sites for hydroxylation is 1. The van der Waals surface area contributed by atoms with Gasteiger partial charge >= 0.3 is 5.97 Å². The predicted octanol–water partition coefficient (Wildman–Crippen LogP) is 5.17. The van der Waals surface area contributed by atoms with Crippen LogP contribution in [0, 0.1) is 6.92 Å². The molecule has 3 heteroatoms. The van der Waals surface area contributed by atoms with Crippen LogP contribution in [0.2, 0.25) is 5.02 Å². The molecule has 0 heterocycles. The molecular weight excluding hydrogens is 284 g/mol. The number of ether oxygens (including phenoxy) is 1. The van der Waals surface area contributed by atoms with Crippen molar-refractivity contribution in [1.29, 1.82) is 0 Å². The molecule has 0 aliphatic heterocycles. The highest BCUT2D eigenvalue weighted by Gasteiger charge is 2.21. The minimum atomic E-state index is -0.435. The minimum absolute atomic E-state index is 0.109. The Hall–Kier alpha value is -1.80. The average Bonchev–Trinajstić information content (AvgIpc) is 2.40. The van der Waals surface area contributed by atoms with Crippen LogP contribution in [-0.4, -0.2) is 5.97 Å². The first-order valence-corrected chi connectivity index (χ1v) is 7.24. The van der Waals surface area contributed by atoms with E-state index in [-0.39, 0.29) is 5.41 Å². The van der Waals surface area contributed by atoms with Gasteiger partial charge < -0.3 is 4.74 Å². The van der Waals surface area contributed by atoms with Crippen LogP contribution in [0.4, 0.5) is 0 Å². The first kappa shape index (κ1) is 15.6. The molecule has 0 saturated carbocycles. The zero-order chi connectivity index (χ0) is 15.6. The topological polar surface area (TPSA) is 26.3 Å².